The average Bonchev–Trinajstić information content (AvgIpc) is 2.16. The van der Waals surface area contributed by atoms with Crippen LogP contribution in [0.4, 0.5) is 5.82 Å². The van der Waals surface area contributed by atoms with E-state index in [1.165, 1.54) is 0 Å². The highest BCUT2D eigenvalue weighted by Gasteiger charge is 2.17. The van der Waals surface area contributed by atoms with Crippen LogP contribution in [0.2, 0.25) is 0 Å². The van der Waals surface area contributed by atoms with Gasteiger partial charge < -0.3 is 11.1 Å². The van der Waals surface area contributed by atoms with Gasteiger partial charge in [0, 0.05) is 6.20 Å². The second kappa shape index (κ2) is 8.28. The largest absolute Gasteiger partial charge is 0.320 e. The molecule has 1 aromatic heterocycles. The summed E-state index contributed by atoms with van der Waals surface area (Å²) < 4.78 is 0. The zero-order chi connectivity index (χ0) is 11.4. The minimum absolute atomic E-state index is 0. The summed E-state index contributed by atoms with van der Waals surface area (Å²) in [5.74, 6) is 0.481. The Balaban J connectivity index is 0. The summed E-state index contributed by atoms with van der Waals surface area (Å²) in [5, 5.41) is 2.69. The number of carbonyl (C=O) groups is 1. The lowest BCUT2D eigenvalue weighted by molar-refractivity contribution is -0.118. The average molecular weight is 280 g/mol. The third-order valence-corrected chi connectivity index (χ3v) is 2.19. The molecule has 0 fully saturated rings. The third kappa shape index (κ3) is 5.86. The van der Waals surface area contributed by atoms with Gasteiger partial charge in [0.2, 0.25) is 5.91 Å². The molecule has 0 spiro atoms. The second-order valence-corrected chi connectivity index (χ2v) is 3.98. The minimum Gasteiger partial charge on any atom is -0.320 e. The van der Waals surface area contributed by atoms with Crippen LogP contribution in [0.5, 0.6) is 0 Å². The van der Waals surface area contributed by atoms with Crippen LogP contribution in [0.25, 0.3) is 0 Å². The summed E-state index contributed by atoms with van der Waals surface area (Å²) in [7, 11) is 0. The van der Waals surface area contributed by atoms with Crippen LogP contribution in [0.1, 0.15) is 19.4 Å². The van der Waals surface area contributed by atoms with Gasteiger partial charge in [-0.2, -0.15) is 0 Å². The number of anilines is 1. The van der Waals surface area contributed by atoms with Crippen molar-refractivity contribution in [1.82, 2.24) is 4.98 Å². The molecule has 1 aromatic rings. The van der Waals surface area contributed by atoms with Crippen LogP contribution in [0.15, 0.2) is 18.3 Å². The lowest BCUT2D eigenvalue weighted by Crippen LogP contribution is -2.39. The molecule has 0 aliphatic rings. The second-order valence-electron chi connectivity index (χ2n) is 3.98. The molecule has 1 amide bonds. The first-order valence-electron chi connectivity index (χ1n) is 5.00. The number of carbonyl (C=O) groups excluding carboxylic acids is 1. The topological polar surface area (TPSA) is 68.0 Å². The summed E-state index contributed by atoms with van der Waals surface area (Å²) >= 11 is 0. The third-order valence-electron chi connectivity index (χ3n) is 2.19. The van der Waals surface area contributed by atoms with Crippen molar-refractivity contribution in [2.45, 2.75) is 26.8 Å². The van der Waals surface area contributed by atoms with E-state index < -0.39 is 6.04 Å². The fourth-order valence-electron chi connectivity index (χ4n) is 1.12. The molecule has 0 aliphatic heterocycles. The van der Waals surface area contributed by atoms with Gasteiger partial charge in [0.15, 0.2) is 0 Å². The molecule has 4 nitrogen and oxygen atoms in total. The van der Waals surface area contributed by atoms with Crippen LogP contribution in [0.3, 0.4) is 0 Å². The molecule has 0 saturated heterocycles. The number of hydrogen-bond acceptors (Lipinski definition) is 3. The van der Waals surface area contributed by atoms with Crippen molar-refractivity contribution >= 4 is 36.5 Å². The summed E-state index contributed by atoms with van der Waals surface area (Å²) in [6.07, 6.45) is 1.66. The zero-order valence-corrected chi connectivity index (χ0v) is 11.8. The number of nitrogens with one attached hydrogen (secondary N) is 1. The van der Waals surface area contributed by atoms with Crippen molar-refractivity contribution < 1.29 is 4.79 Å². The van der Waals surface area contributed by atoms with E-state index in [0.29, 0.717) is 5.82 Å². The molecule has 1 heterocycles. The van der Waals surface area contributed by atoms with Gasteiger partial charge in [-0.3, -0.25) is 4.79 Å². The fraction of sp³-hybridized carbons (Fsp3) is 0.455. The number of aromatic nitrogens is 1. The maximum atomic E-state index is 11.6. The van der Waals surface area contributed by atoms with Crippen molar-refractivity contribution in [2.24, 2.45) is 11.7 Å². The van der Waals surface area contributed by atoms with E-state index in [2.05, 4.69) is 10.3 Å². The number of nitrogens with two attached hydrogens (primary N) is 1. The highest BCUT2D eigenvalue weighted by Crippen LogP contribution is 2.07. The number of hydrogen-bond donors (Lipinski definition) is 2. The Morgan fingerprint density at radius 2 is 2.00 bits per heavy atom. The Kier molecular flexibility index (Phi) is 9.02. The quantitative estimate of drug-likeness (QED) is 0.891. The predicted octanol–water partition coefficient (Wildman–Crippen LogP) is 2.16. The SMILES string of the molecule is Cc1ccnc(NC(=O)C(N)C(C)C)c1.Cl.Cl. The fourth-order valence-corrected chi connectivity index (χ4v) is 1.12. The Bertz CT molecular complexity index is 358. The van der Waals surface area contributed by atoms with Gasteiger partial charge in [-0.15, -0.1) is 24.8 Å². The van der Waals surface area contributed by atoms with E-state index in [4.69, 9.17) is 5.73 Å². The number of halogens is 2. The summed E-state index contributed by atoms with van der Waals surface area (Å²) in [6.45, 7) is 5.77. The van der Waals surface area contributed by atoms with Gasteiger partial charge in [-0.25, -0.2) is 4.98 Å². The van der Waals surface area contributed by atoms with Crippen molar-refractivity contribution in [3.63, 3.8) is 0 Å². The Morgan fingerprint density at radius 1 is 1.41 bits per heavy atom. The summed E-state index contributed by atoms with van der Waals surface area (Å²) in [5.41, 5.74) is 6.76. The summed E-state index contributed by atoms with van der Waals surface area (Å²) in [4.78, 5) is 15.6. The number of nitrogens with zero attached hydrogens (tertiary/aromatic N) is 1. The first-order chi connectivity index (χ1) is 7.00. The Labute approximate surface area is 114 Å². The minimum atomic E-state index is -0.493. The van der Waals surface area contributed by atoms with Crippen LogP contribution < -0.4 is 11.1 Å². The molecule has 17 heavy (non-hydrogen) atoms. The molecule has 1 atom stereocenters. The molecular weight excluding hydrogens is 261 g/mol. The van der Waals surface area contributed by atoms with Crippen molar-refractivity contribution in [3.8, 4) is 0 Å². The van der Waals surface area contributed by atoms with Crippen LogP contribution in [-0.4, -0.2) is 16.9 Å². The molecule has 1 rings (SSSR count). The lowest BCUT2D eigenvalue weighted by Gasteiger charge is -2.14. The Morgan fingerprint density at radius 3 is 2.47 bits per heavy atom. The molecule has 0 aromatic carbocycles. The normalized spacial score (nSPS) is 11.1. The molecule has 0 saturated carbocycles. The molecule has 0 radical (unpaired) electrons. The van der Waals surface area contributed by atoms with Crippen LogP contribution >= 0.6 is 24.8 Å². The van der Waals surface area contributed by atoms with E-state index in [1.807, 2.05) is 32.9 Å². The monoisotopic (exact) mass is 279 g/mol. The van der Waals surface area contributed by atoms with Crippen molar-refractivity contribution in [1.29, 1.82) is 0 Å². The molecule has 6 heteroatoms. The number of pyridine rings is 1. The highest BCUT2D eigenvalue weighted by atomic mass is 35.5. The number of aryl methyl sites for hydroxylation is 1. The smallest absolute Gasteiger partial charge is 0.242 e. The highest BCUT2D eigenvalue weighted by molar-refractivity contribution is 5.94. The first kappa shape index (κ1) is 18.5. The first-order valence-corrected chi connectivity index (χ1v) is 5.00. The van der Waals surface area contributed by atoms with Gasteiger partial charge in [0.25, 0.3) is 0 Å². The van der Waals surface area contributed by atoms with Gasteiger partial charge in [0.05, 0.1) is 6.04 Å². The molecule has 3 N–H and O–H groups in total. The molecule has 0 aliphatic carbocycles. The van der Waals surface area contributed by atoms with E-state index >= 15 is 0 Å². The Hall–Kier alpha value is -0.840. The molecule has 98 valence electrons. The van der Waals surface area contributed by atoms with Gasteiger partial charge in [0.1, 0.15) is 5.82 Å². The van der Waals surface area contributed by atoms with E-state index in [1.54, 1.807) is 6.20 Å². The van der Waals surface area contributed by atoms with E-state index in [-0.39, 0.29) is 36.6 Å². The van der Waals surface area contributed by atoms with Gasteiger partial charge >= 0.3 is 0 Å². The zero-order valence-electron chi connectivity index (χ0n) is 10.1. The maximum Gasteiger partial charge on any atom is 0.242 e. The number of amides is 1. The standard InChI is InChI=1S/C11H17N3O.2ClH/c1-7(2)10(12)11(15)14-9-6-8(3)4-5-13-9;;/h4-7,10H,12H2,1-3H3,(H,13,14,15);2*1H. The number of rotatable bonds is 3. The van der Waals surface area contributed by atoms with Gasteiger partial charge in [-0.1, -0.05) is 13.8 Å². The van der Waals surface area contributed by atoms with E-state index in [9.17, 15) is 4.79 Å². The van der Waals surface area contributed by atoms with Crippen LogP contribution in [0, 0.1) is 12.8 Å². The lowest BCUT2D eigenvalue weighted by atomic mass is 10.1. The van der Waals surface area contributed by atoms with E-state index in [0.717, 1.165) is 5.56 Å². The van der Waals surface area contributed by atoms with Crippen molar-refractivity contribution in [3.05, 3.63) is 23.9 Å². The molecule has 0 bridgehead atoms. The predicted molar refractivity (Wildman–Crippen MR) is 74.9 cm³/mol. The van der Waals surface area contributed by atoms with Crippen LogP contribution in [-0.2, 0) is 4.79 Å². The molecule has 1 unspecified atom stereocenters. The molecular formula is C11H19Cl2N3O. The summed E-state index contributed by atoms with van der Waals surface area (Å²) in [6, 6.07) is 3.19. The van der Waals surface area contributed by atoms with Crippen molar-refractivity contribution in [2.75, 3.05) is 5.32 Å². The maximum absolute atomic E-state index is 11.6. The van der Waals surface area contributed by atoms with Gasteiger partial charge in [-0.05, 0) is 30.5 Å².